The number of nitrogens with zero attached hydrogens (tertiary/aromatic N) is 1. The van der Waals surface area contributed by atoms with Crippen LogP contribution in [0.5, 0.6) is 0 Å². The number of hydrogen-bond acceptors (Lipinski definition) is 4. The van der Waals surface area contributed by atoms with Crippen LogP contribution in [0.1, 0.15) is 30.8 Å². The first-order valence-electron chi connectivity index (χ1n) is 4.93. The Labute approximate surface area is 92.7 Å². The van der Waals surface area contributed by atoms with Gasteiger partial charge in [0.15, 0.2) is 6.39 Å². The fourth-order valence-electron chi connectivity index (χ4n) is 1.25. The van der Waals surface area contributed by atoms with Crippen LogP contribution in [0.2, 0.25) is 0 Å². The van der Waals surface area contributed by atoms with Gasteiger partial charge in [-0.05, 0) is 12.3 Å². The maximum atomic E-state index is 11.5. The van der Waals surface area contributed by atoms with Crippen LogP contribution < -0.4 is 5.32 Å². The van der Waals surface area contributed by atoms with E-state index in [1.54, 1.807) is 0 Å². The second-order valence-corrected chi connectivity index (χ2v) is 3.86. The predicted molar refractivity (Wildman–Crippen MR) is 54.8 cm³/mol. The third-order valence-corrected chi connectivity index (χ3v) is 1.97. The number of carboxylic acid groups (broad SMARTS) is 1. The monoisotopic (exact) mass is 226 g/mol. The molecule has 0 bridgehead atoms. The van der Waals surface area contributed by atoms with Gasteiger partial charge in [0.05, 0.1) is 6.20 Å². The number of aliphatic carboxylic acids is 1. The van der Waals surface area contributed by atoms with E-state index >= 15 is 0 Å². The molecule has 0 fully saturated rings. The molecule has 1 rings (SSSR count). The first-order valence-corrected chi connectivity index (χ1v) is 4.93. The molecule has 16 heavy (non-hydrogen) atoms. The highest BCUT2D eigenvalue weighted by Gasteiger charge is 2.22. The highest BCUT2D eigenvalue weighted by molar-refractivity contribution is 5.93. The van der Waals surface area contributed by atoms with E-state index in [9.17, 15) is 9.59 Å². The predicted octanol–water partition coefficient (Wildman–Crippen LogP) is 0.904. The summed E-state index contributed by atoms with van der Waals surface area (Å²) in [5.74, 6) is -1.43. The van der Waals surface area contributed by atoms with Gasteiger partial charge in [-0.1, -0.05) is 13.8 Å². The van der Waals surface area contributed by atoms with E-state index in [4.69, 9.17) is 9.52 Å². The largest absolute Gasteiger partial charge is 0.480 e. The lowest BCUT2D eigenvalue weighted by Gasteiger charge is -2.15. The van der Waals surface area contributed by atoms with Crippen molar-refractivity contribution in [3.8, 4) is 0 Å². The Morgan fingerprint density at radius 1 is 1.56 bits per heavy atom. The Kier molecular flexibility index (Phi) is 4.04. The van der Waals surface area contributed by atoms with Crippen LogP contribution in [0.4, 0.5) is 0 Å². The van der Waals surface area contributed by atoms with Crippen molar-refractivity contribution >= 4 is 11.9 Å². The Hall–Kier alpha value is -1.85. The lowest BCUT2D eigenvalue weighted by Crippen LogP contribution is -2.41. The molecule has 88 valence electrons. The molecule has 0 aromatic carbocycles. The minimum Gasteiger partial charge on any atom is -0.480 e. The van der Waals surface area contributed by atoms with Gasteiger partial charge in [-0.15, -0.1) is 0 Å². The Balaban J connectivity index is 2.62. The summed E-state index contributed by atoms with van der Waals surface area (Å²) in [5.41, 5.74) is 0. The quantitative estimate of drug-likeness (QED) is 0.778. The van der Waals surface area contributed by atoms with E-state index in [2.05, 4.69) is 10.3 Å². The fraction of sp³-hybridized carbons (Fsp3) is 0.500. The first-order chi connectivity index (χ1) is 7.50. The third kappa shape index (κ3) is 3.38. The molecule has 1 aromatic heterocycles. The summed E-state index contributed by atoms with van der Waals surface area (Å²) in [5, 5.41) is 11.3. The van der Waals surface area contributed by atoms with Crippen LogP contribution in [-0.2, 0) is 4.79 Å². The van der Waals surface area contributed by atoms with Crippen LogP contribution in [0.15, 0.2) is 17.0 Å². The van der Waals surface area contributed by atoms with Crippen molar-refractivity contribution in [2.45, 2.75) is 26.3 Å². The molecule has 2 N–H and O–H groups in total. The Bertz CT molecular complexity index is 359. The number of aromatic nitrogens is 1. The van der Waals surface area contributed by atoms with Gasteiger partial charge >= 0.3 is 5.97 Å². The molecule has 0 spiro atoms. The topological polar surface area (TPSA) is 92.4 Å². The second-order valence-electron chi connectivity index (χ2n) is 3.86. The van der Waals surface area contributed by atoms with E-state index in [1.165, 1.54) is 6.20 Å². The number of carbonyl (C=O) groups is 2. The summed E-state index contributed by atoms with van der Waals surface area (Å²) < 4.78 is 4.76. The molecule has 1 amide bonds. The van der Waals surface area contributed by atoms with E-state index in [1.807, 2.05) is 13.8 Å². The minimum absolute atomic E-state index is 0.00926. The molecular formula is C10H14N2O4. The molecule has 0 aliphatic rings. The molecule has 1 atom stereocenters. The molecule has 0 radical (unpaired) electrons. The highest BCUT2D eigenvalue weighted by atomic mass is 16.4. The van der Waals surface area contributed by atoms with Gasteiger partial charge in [-0.3, -0.25) is 4.79 Å². The standard InChI is InChI=1S/C10H14N2O4/c1-6(2)3-7(10(14)15)12-9(13)8-4-11-5-16-8/h4-7H,3H2,1-2H3,(H,12,13)(H,14,15)/t7-/m1/s1. The average molecular weight is 226 g/mol. The summed E-state index contributed by atoms with van der Waals surface area (Å²) >= 11 is 0. The second kappa shape index (κ2) is 5.29. The number of carbonyl (C=O) groups excluding carboxylic acids is 1. The van der Waals surface area contributed by atoms with Crippen molar-refractivity contribution in [1.29, 1.82) is 0 Å². The molecule has 1 aromatic rings. The molecule has 0 saturated carbocycles. The number of oxazole rings is 1. The maximum absolute atomic E-state index is 11.5. The van der Waals surface area contributed by atoms with Gasteiger partial charge in [-0.2, -0.15) is 0 Å². The summed E-state index contributed by atoms with van der Waals surface area (Å²) in [7, 11) is 0. The van der Waals surface area contributed by atoms with Crippen molar-refractivity contribution in [2.75, 3.05) is 0 Å². The first kappa shape index (κ1) is 12.2. The van der Waals surface area contributed by atoms with Crippen LogP contribution in [0.3, 0.4) is 0 Å². The summed E-state index contributed by atoms with van der Waals surface area (Å²) in [4.78, 5) is 26.0. The van der Waals surface area contributed by atoms with E-state index < -0.39 is 17.9 Å². The normalized spacial score (nSPS) is 12.4. The van der Waals surface area contributed by atoms with Crippen molar-refractivity contribution in [1.82, 2.24) is 10.3 Å². The third-order valence-electron chi connectivity index (χ3n) is 1.97. The molecule has 6 nitrogen and oxygen atoms in total. The highest BCUT2D eigenvalue weighted by Crippen LogP contribution is 2.06. The average Bonchev–Trinajstić information content (AvgIpc) is 2.68. The molecule has 0 aliphatic carbocycles. The number of rotatable bonds is 5. The maximum Gasteiger partial charge on any atom is 0.326 e. The van der Waals surface area contributed by atoms with Crippen molar-refractivity contribution in [3.63, 3.8) is 0 Å². The van der Waals surface area contributed by atoms with Crippen molar-refractivity contribution in [3.05, 3.63) is 18.4 Å². The van der Waals surface area contributed by atoms with Gasteiger partial charge in [0, 0.05) is 0 Å². The Morgan fingerprint density at radius 2 is 2.25 bits per heavy atom. The van der Waals surface area contributed by atoms with Crippen LogP contribution in [0, 0.1) is 5.92 Å². The van der Waals surface area contributed by atoms with E-state index in [0.717, 1.165) is 6.39 Å². The molecular weight excluding hydrogens is 212 g/mol. The van der Waals surface area contributed by atoms with Crippen LogP contribution in [-0.4, -0.2) is 28.0 Å². The zero-order valence-corrected chi connectivity index (χ0v) is 9.14. The smallest absolute Gasteiger partial charge is 0.326 e. The van der Waals surface area contributed by atoms with E-state index in [-0.39, 0.29) is 11.7 Å². The van der Waals surface area contributed by atoms with Crippen LogP contribution in [0.25, 0.3) is 0 Å². The minimum atomic E-state index is -1.05. The van der Waals surface area contributed by atoms with E-state index in [0.29, 0.717) is 6.42 Å². The lowest BCUT2D eigenvalue weighted by atomic mass is 10.0. The zero-order valence-electron chi connectivity index (χ0n) is 9.14. The van der Waals surface area contributed by atoms with Gasteiger partial charge in [0.25, 0.3) is 5.91 Å². The SMILES string of the molecule is CC(C)C[C@@H](NC(=O)c1cnco1)C(=O)O. The number of amides is 1. The molecule has 1 heterocycles. The van der Waals surface area contributed by atoms with Crippen molar-refractivity contribution in [2.24, 2.45) is 5.92 Å². The number of hydrogen-bond donors (Lipinski definition) is 2. The number of carboxylic acids is 1. The summed E-state index contributed by atoms with van der Waals surface area (Å²) in [6.45, 7) is 3.77. The zero-order chi connectivity index (χ0) is 12.1. The van der Waals surface area contributed by atoms with Gasteiger partial charge in [-0.25, -0.2) is 9.78 Å². The van der Waals surface area contributed by atoms with Crippen LogP contribution >= 0.6 is 0 Å². The Morgan fingerprint density at radius 3 is 2.69 bits per heavy atom. The molecule has 0 unspecified atom stereocenters. The summed E-state index contributed by atoms with van der Waals surface area (Å²) in [6, 6.07) is -0.905. The summed E-state index contributed by atoms with van der Waals surface area (Å²) in [6.07, 6.45) is 2.73. The molecule has 0 saturated heterocycles. The molecule has 6 heteroatoms. The molecule has 0 aliphatic heterocycles. The lowest BCUT2D eigenvalue weighted by molar-refractivity contribution is -0.139. The fourth-order valence-corrected chi connectivity index (χ4v) is 1.25. The van der Waals surface area contributed by atoms with Crippen molar-refractivity contribution < 1.29 is 19.1 Å². The number of nitrogens with one attached hydrogen (secondary N) is 1. The van der Waals surface area contributed by atoms with Gasteiger partial charge < -0.3 is 14.8 Å². The van der Waals surface area contributed by atoms with Gasteiger partial charge in [0.1, 0.15) is 6.04 Å². The van der Waals surface area contributed by atoms with Gasteiger partial charge in [0.2, 0.25) is 5.76 Å².